The van der Waals surface area contributed by atoms with Crippen molar-refractivity contribution >= 4 is 5.69 Å². The van der Waals surface area contributed by atoms with Crippen molar-refractivity contribution < 1.29 is 4.74 Å². The van der Waals surface area contributed by atoms with Crippen LogP contribution in [0.1, 0.15) is 37.9 Å². The molecule has 1 saturated heterocycles. The molecule has 1 aliphatic rings. The van der Waals surface area contributed by atoms with Gasteiger partial charge in [0.25, 0.3) is 0 Å². The molecule has 0 aliphatic carbocycles. The van der Waals surface area contributed by atoms with E-state index in [1.54, 1.807) is 0 Å². The molecule has 0 atom stereocenters. The highest BCUT2D eigenvalue weighted by molar-refractivity contribution is 5.54. The molecule has 4 nitrogen and oxygen atoms in total. The highest BCUT2D eigenvalue weighted by Gasteiger charge is 2.20. The first-order valence-corrected chi connectivity index (χ1v) is 8.04. The van der Waals surface area contributed by atoms with Gasteiger partial charge in [-0.3, -0.25) is 4.98 Å². The van der Waals surface area contributed by atoms with Gasteiger partial charge in [0, 0.05) is 56.0 Å². The molecule has 0 unspecified atom stereocenters. The second-order valence-electron chi connectivity index (χ2n) is 6.43. The van der Waals surface area contributed by atoms with Gasteiger partial charge in [0.05, 0.1) is 0 Å². The van der Waals surface area contributed by atoms with Crippen LogP contribution in [0.15, 0.2) is 12.3 Å². The molecule has 1 fully saturated rings. The molecular formula is C17H29N3O. The standard InChI is InChI=1S/C17H29N3O/c1-13(2)10-18-11-15-12-19-14(3)9-17(15)20(4)16-5-7-21-8-6-16/h9,12-13,16,18H,5-8,10-11H2,1-4H3. The Hall–Kier alpha value is -1.13. The van der Waals surface area contributed by atoms with Gasteiger partial charge in [0.15, 0.2) is 0 Å². The van der Waals surface area contributed by atoms with E-state index in [1.165, 1.54) is 11.3 Å². The minimum absolute atomic E-state index is 0.574. The summed E-state index contributed by atoms with van der Waals surface area (Å²) in [6.07, 6.45) is 4.24. The number of hydrogen-bond donors (Lipinski definition) is 1. The maximum Gasteiger partial charge on any atom is 0.0485 e. The van der Waals surface area contributed by atoms with Gasteiger partial charge in [-0.2, -0.15) is 0 Å². The maximum absolute atomic E-state index is 5.48. The fraction of sp³-hybridized carbons (Fsp3) is 0.706. The van der Waals surface area contributed by atoms with Crippen LogP contribution in [0.5, 0.6) is 0 Å². The van der Waals surface area contributed by atoms with E-state index in [-0.39, 0.29) is 0 Å². The van der Waals surface area contributed by atoms with Crippen LogP contribution >= 0.6 is 0 Å². The first kappa shape index (κ1) is 16.2. The molecule has 0 spiro atoms. The first-order valence-electron chi connectivity index (χ1n) is 8.04. The van der Waals surface area contributed by atoms with E-state index in [0.29, 0.717) is 12.0 Å². The normalized spacial score (nSPS) is 16.4. The van der Waals surface area contributed by atoms with Crippen LogP contribution in [0.25, 0.3) is 0 Å². The SMILES string of the molecule is Cc1cc(N(C)C2CCOCC2)c(CNCC(C)C)cn1. The van der Waals surface area contributed by atoms with E-state index in [1.807, 2.05) is 6.20 Å². The van der Waals surface area contributed by atoms with Crippen molar-refractivity contribution in [2.24, 2.45) is 5.92 Å². The number of aromatic nitrogens is 1. The summed E-state index contributed by atoms with van der Waals surface area (Å²) in [7, 11) is 2.21. The Kier molecular flexibility index (Phi) is 6.00. The number of pyridine rings is 1. The molecule has 0 radical (unpaired) electrons. The quantitative estimate of drug-likeness (QED) is 0.874. The summed E-state index contributed by atoms with van der Waals surface area (Å²) in [4.78, 5) is 6.89. The van der Waals surface area contributed by atoms with E-state index in [2.05, 4.69) is 49.1 Å². The molecule has 0 bridgehead atoms. The summed E-state index contributed by atoms with van der Waals surface area (Å²) in [6.45, 7) is 10.2. The van der Waals surface area contributed by atoms with Crippen molar-refractivity contribution in [2.45, 2.75) is 46.2 Å². The second-order valence-corrected chi connectivity index (χ2v) is 6.43. The lowest BCUT2D eigenvalue weighted by Gasteiger charge is -2.34. The zero-order valence-corrected chi connectivity index (χ0v) is 13.9. The second kappa shape index (κ2) is 7.76. The molecule has 2 heterocycles. The molecule has 1 aromatic rings. The average molecular weight is 291 g/mol. The summed E-state index contributed by atoms with van der Waals surface area (Å²) in [5.74, 6) is 0.667. The minimum atomic E-state index is 0.574. The van der Waals surface area contributed by atoms with Crippen LogP contribution in [0.4, 0.5) is 5.69 Å². The predicted molar refractivity (Wildman–Crippen MR) is 87.8 cm³/mol. The Bertz CT molecular complexity index is 442. The monoisotopic (exact) mass is 291 g/mol. The number of hydrogen-bond acceptors (Lipinski definition) is 4. The molecular weight excluding hydrogens is 262 g/mol. The highest BCUT2D eigenvalue weighted by Crippen LogP contribution is 2.25. The highest BCUT2D eigenvalue weighted by atomic mass is 16.5. The Morgan fingerprint density at radius 1 is 1.38 bits per heavy atom. The van der Waals surface area contributed by atoms with Crippen molar-refractivity contribution in [1.29, 1.82) is 0 Å². The summed E-state index contributed by atoms with van der Waals surface area (Å²) >= 11 is 0. The van der Waals surface area contributed by atoms with Crippen LogP contribution in [0.3, 0.4) is 0 Å². The Morgan fingerprint density at radius 3 is 2.76 bits per heavy atom. The van der Waals surface area contributed by atoms with Crippen molar-refractivity contribution in [3.8, 4) is 0 Å². The first-order chi connectivity index (χ1) is 10.1. The summed E-state index contributed by atoms with van der Waals surface area (Å²) in [5, 5.41) is 3.53. The molecule has 0 saturated carbocycles. The largest absolute Gasteiger partial charge is 0.381 e. The molecule has 21 heavy (non-hydrogen) atoms. The zero-order chi connectivity index (χ0) is 15.2. The minimum Gasteiger partial charge on any atom is -0.381 e. The van der Waals surface area contributed by atoms with E-state index < -0.39 is 0 Å². The van der Waals surface area contributed by atoms with Crippen molar-refractivity contribution in [1.82, 2.24) is 10.3 Å². The van der Waals surface area contributed by atoms with E-state index in [9.17, 15) is 0 Å². The number of anilines is 1. The van der Waals surface area contributed by atoms with E-state index in [0.717, 1.165) is 44.8 Å². The van der Waals surface area contributed by atoms with Crippen LogP contribution < -0.4 is 10.2 Å². The fourth-order valence-electron chi connectivity index (χ4n) is 2.80. The lowest BCUT2D eigenvalue weighted by atomic mass is 10.1. The number of aryl methyl sites for hydroxylation is 1. The lowest BCUT2D eigenvalue weighted by molar-refractivity contribution is 0.0854. The molecule has 0 aromatic carbocycles. The summed E-state index contributed by atoms with van der Waals surface area (Å²) in [5.41, 5.74) is 3.68. The van der Waals surface area contributed by atoms with Gasteiger partial charge >= 0.3 is 0 Å². The number of nitrogens with zero attached hydrogens (tertiary/aromatic N) is 2. The zero-order valence-electron chi connectivity index (χ0n) is 13.9. The van der Waals surface area contributed by atoms with Crippen LogP contribution in [-0.2, 0) is 11.3 Å². The smallest absolute Gasteiger partial charge is 0.0485 e. The van der Waals surface area contributed by atoms with Gasteiger partial charge in [-0.25, -0.2) is 0 Å². The predicted octanol–water partition coefficient (Wildman–Crippen LogP) is 2.75. The molecule has 1 N–H and O–H groups in total. The maximum atomic E-state index is 5.48. The van der Waals surface area contributed by atoms with Gasteiger partial charge in [-0.05, 0) is 38.3 Å². The van der Waals surface area contributed by atoms with Gasteiger partial charge in [-0.15, -0.1) is 0 Å². The third kappa shape index (κ3) is 4.68. The average Bonchev–Trinajstić information content (AvgIpc) is 2.48. The fourth-order valence-corrected chi connectivity index (χ4v) is 2.80. The number of rotatable bonds is 6. The Balaban J connectivity index is 2.09. The van der Waals surface area contributed by atoms with Gasteiger partial charge in [0.1, 0.15) is 0 Å². The topological polar surface area (TPSA) is 37.4 Å². The van der Waals surface area contributed by atoms with E-state index in [4.69, 9.17) is 4.74 Å². The van der Waals surface area contributed by atoms with Crippen LogP contribution in [0.2, 0.25) is 0 Å². The molecule has 1 aromatic heterocycles. The molecule has 0 amide bonds. The van der Waals surface area contributed by atoms with Gasteiger partial charge in [-0.1, -0.05) is 13.8 Å². The van der Waals surface area contributed by atoms with Gasteiger partial charge in [0.2, 0.25) is 0 Å². The number of ether oxygens (including phenoxy) is 1. The van der Waals surface area contributed by atoms with Crippen LogP contribution in [-0.4, -0.2) is 37.8 Å². The summed E-state index contributed by atoms with van der Waals surface area (Å²) in [6, 6.07) is 2.78. The third-order valence-corrected chi connectivity index (χ3v) is 4.09. The molecule has 4 heteroatoms. The third-order valence-electron chi connectivity index (χ3n) is 4.09. The number of nitrogens with one attached hydrogen (secondary N) is 1. The Morgan fingerprint density at radius 2 is 2.10 bits per heavy atom. The lowest BCUT2D eigenvalue weighted by Crippen LogP contribution is -2.37. The molecule has 1 aliphatic heterocycles. The van der Waals surface area contributed by atoms with Crippen LogP contribution in [0, 0.1) is 12.8 Å². The van der Waals surface area contributed by atoms with Crippen molar-refractivity contribution in [3.05, 3.63) is 23.5 Å². The molecule has 2 rings (SSSR count). The summed E-state index contributed by atoms with van der Waals surface area (Å²) < 4.78 is 5.48. The van der Waals surface area contributed by atoms with Gasteiger partial charge < -0.3 is 15.0 Å². The van der Waals surface area contributed by atoms with Crippen molar-refractivity contribution in [2.75, 3.05) is 31.7 Å². The Labute approximate surface area is 128 Å². The molecule has 118 valence electrons. The van der Waals surface area contributed by atoms with E-state index >= 15 is 0 Å². The van der Waals surface area contributed by atoms with Crippen molar-refractivity contribution in [3.63, 3.8) is 0 Å².